The standard InChI is InChI=1S/C22H28F3N5O2S/c1-14-10-29(11-15(2)32-14)12-18-13-33-21(27-18)28-20(31)16-5-7-30(8-6-16)19-4-3-17(9-26-19)22(23,24)25/h3-4,9,13-16H,5-8,10-12H2,1-2H3,(H,27,28,31). The summed E-state index contributed by atoms with van der Waals surface area (Å²) >= 11 is 1.42. The van der Waals surface area contributed by atoms with Crippen LogP contribution in [-0.4, -0.2) is 59.2 Å². The Hall–Kier alpha value is -2.24. The van der Waals surface area contributed by atoms with E-state index in [4.69, 9.17) is 4.74 Å². The zero-order valence-corrected chi connectivity index (χ0v) is 19.5. The number of aromatic nitrogens is 2. The predicted octanol–water partition coefficient (Wildman–Crippen LogP) is 4.02. The third kappa shape index (κ3) is 6.21. The molecule has 2 saturated heterocycles. The number of piperidine rings is 1. The number of halogens is 3. The summed E-state index contributed by atoms with van der Waals surface area (Å²) in [7, 11) is 0. The van der Waals surface area contributed by atoms with Gasteiger partial charge < -0.3 is 15.0 Å². The molecule has 7 nitrogen and oxygen atoms in total. The molecule has 2 atom stereocenters. The summed E-state index contributed by atoms with van der Waals surface area (Å²) in [6, 6.07) is 2.43. The lowest BCUT2D eigenvalue weighted by atomic mass is 9.96. The molecule has 2 fully saturated rings. The Kier molecular flexibility index (Phi) is 7.20. The first kappa shape index (κ1) is 23.9. The third-order valence-corrected chi connectivity index (χ3v) is 6.73. The van der Waals surface area contributed by atoms with E-state index in [1.807, 2.05) is 10.3 Å². The highest BCUT2D eigenvalue weighted by atomic mass is 32.1. The second-order valence-electron chi connectivity index (χ2n) is 8.75. The van der Waals surface area contributed by atoms with E-state index in [2.05, 4.69) is 34.0 Å². The molecular formula is C22H28F3N5O2S. The van der Waals surface area contributed by atoms with E-state index >= 15 is 0 Å². The van der Waals surface area contributed by atoms with Crippen LogP contribution in [0.15, 0.2) is 23.7 Å². The fourth-order valence-corrected chi connectivity index (χ4v) is 5.10. The molecule has 0 saturated carbocycles. The Morgan fingerprint density at radius 2 is 1.91 bits per heavy atom. The van der Waals surface area contributed by atoms with Crippen LogP contribution in [0, 0.1) is 5.92 Å². The second kappa shape index (κ2) is 9.94. The van der Waals surface area contributed by atoms with Crippen LogP contribution in [-0.2, 0) is 22.3 Å². The summed E-state index contributed by atoms with van der Waals surface area (Å²) in [6.45, 7) is 7.69. The van der Waals surface area contributed by atoms with Crippen LogP contribution in [0.2, 0.25) is 0 Å². The van der Waals surface area contributed by atoms with Gasteiger partial charge >= 0.3 is 6.18 Å². The summed E-state index contributed by atoms with van der Waals surface area (Å²) in [5.74, 6) is 0.270. The van der Waals surface area contributed by atoms with Gasteiger partial charge in [0, 0.05) is 50.2 Å². The van der Waals surface area contributed by atoms with Crippen molar-refractivity contribution >= 4 is 28.2 Å². The van der Waals surface area contributed by atoms with Crippen molar-refractivity contribution in [2.24, 2.45) is 5.92 Å². The van der Waals surface area contributed by atoms with E-state index in [-0.39, 0.29) is 24.0 Å². The van der Waals surface area contributed by atoms with Gasteiger partial charge in [0.2, 0.25) is 5.91 Å². The van der Waals surface area contributed by atoms with E-state index < -0.39 is 11.7 Å². The average molecular weight is 484 g/mol. The molecule has 0 radical (unpaired) electrons. The average Bonchev–Trinajstić information content (AvgIpc) is 3.19. The zero-order valence-electron chi connectivity index (χ0n) is 18.6. The number of anilines is 2. The van der Waals surface area contributed by atoms with Crippen LogP contribution < -0.4 is 10.2 Å². The second-order valence-corrected chi connectivity index (χ2v) is 9.61. The first-order chi connectivity index (χ1) is 15.7. The minimum atomic E-state index is -4.40. The fourth-order valence-electron chi connectivity index (χ4n) is 4.40. The molecule has 0 bridgehead atoms. The van der Waals surface area contributed by atoms with E-state index in [0.29, 0.717) is 36.9 Å². The van der Waals surface area contributed by atoms with E-state index in [1.54, 1.807) is 0 Å². The molecule has 0 aromatic carbocycles. The van der Waals surface area contributed by atoms with E-state index in [0.717, 1.165) is 37.6 Å². The van der Waals surface area contributed by atoms with Crippen molar-refractivity contribution in [3.05, 3.63) is 35.0 Å². The van der Waals surface area contributed by atoms with Gasteiger partial charge in [0.15, 0.2) is 5.13 Å². The minimum Gasteiger partial charge on any atom is -0.373 e. The maximum Gasteiger partial charge on any atom is 0.417 e. The largest absolute Gasteiger partial charge is 0.417 e. The molecule has 2 unspecified atom stereocenters. The van der Waals surface area contributed by atoms with Crippen LogP contribution in [0.5, 0.6) is 0 Å². The van der Waals surface area contributed by atoms with Gasteiger partial charge in [-0.05, 0) is 38.8 Å². The number of alkyl halides is 3. The summed E-state index contributed by atoms with van der Waals surface area (Å²) in [5.41, 5.74) is 0.167. The number of nitrogens with one attached hydrogen (secondary N) is 1. The van der Waals surface area contributed by atoms with E-state index in [1.165, 1.54) is 17.4 Å². The van der Waals surface area contributed by atoms with Crippen molar-refractivity contribution in [2.45, 2.75) is 51.6 Å². The Morgan fingerprint density at radius 3 is 2.52 bits per heavy atom. The van der Waals surface area contributed by atoms with Gasteiger partial charge in [-0.2, -0.15) is 13.2 Å². The number of amides is 1. The first-order valence-electron chi connectivity index (χ1n) is 11.1. The van der Waals surface area contributed by atoms with Crippen molar-refractivity contribution in [3.63, 3.8) is 0 Å². The highest BCUT2D eigenvalue weighted by molar-refractivity contribution is 7.13. The normalized spacial score (nSPS) is 23.0. The van der Waals surface area contributed by atoms with Crippen LogP contribution in [0.25, 0.3) is 0 Å². The third-order valence-electron chi connectivity index (χ3n) is 5.93. The molecule has 33 heavy (non-hydrogen) atoms. The molecule has 1 amide bonds. The van der Waals surface area contributed by atoms with Crippen molar-refractivity contribution < 1.29 is 22.7 Å². The number of carbonyl (C=O) groups is 1. The molecular weight excluding hydrogens is 455 g/mol. The molecule has 2 aromatic rings. The van der Waals surface area contributed by atoms with Crippen LogP contribution in [0.1, 0.15) is 37.9 Å². The van der Waals surface area contributed by atoms with Gasteiger partial charge in [0.25, 0.3) is 0 Å². The molecule has 180 valence electrons. The fraction of sp³-hybridized carbons (Fsp3) is 0.591. The molecule has 0 spiro atoms. The predicted molar refractivity (Wildman–Crippen MR) is 120 cm³/mol. The van der Waals surface area contributed by atoms with Gasteiger partial charge in [-0.15, -0.1) is 11.3 Å². The topological polar surface area (TPSA) is 70.6 Å². The Morgan fingerprint density at radius 1 is 1.21 bits per heavy atom. The minimum absolute atomic E-state index is 0.0652. The lowest BCUT2D eigenvalue weighted by Crippen LogP contribution is -2.44. The number of morpholine rings is 1. The summed E-state index contributed by atoms with van der Waals surface area (Å²) in [4.78, 5) is 25.5. The van der Waals surface area contributed by atoms with Crippen molar-refractivity contribution in [1.29, 1.82) is 0 Å². The maximum absolute atomic E-state index is 12.7. The van der Waals surface area contributed by atoms with Crippen molar-refractivity contribution in [2.75, 3.05) is 36.4 Å². The highest BCUT2D eigenvalue weighted by Gasteiger charge is 2.31. The van der Waals surface area contributed by atoms with Gasteiger partial charge in [-0.1, -0.05) is 0 Å². The summed E-state index contributed by atoms with van der Waals surface area (Å²) in [5, 5.41) is 5.50. The first-order valence-corrected chi connectivity index (χ1v) is 12.0. The van der Waals surface area contributed by atoms with Gasteiger partial charge in [-0.25, -0.2) is 9.97 Å². The number of carbonyl (C=O) groups excluding carboxylic acids is 1. The van der Waals surface area contributed by atoms with E-state index in [9.17, 15) is 18.0 Å². The molecule has 2 aliphatic heterocycles. The van der Waals surface area contributed by atoms with Crippen molar-refractivity contribution in [1.82, 2.24) is 14.9 Å². The smallest absolute Gasteiger partial charge is 0.373 e. The molecule has 0 aliphatic carbocycles. The van der Waals surface area contributed by atoms with Crippen LogP contribution in [0.3, 0.4) is 0 Å². The molecule has 1 N–H and O–H groups in total. The van der Waals surface area contributed by atoms with Gasteiger partial charge in [-0.3, -0.25) is 9.69 Å². The maximum atomic E-state index is 12.7. The molecule has 4 rings (SSSR count). The number of thiazole rings is 1. The lowest BCUT2D eigenvalue weighted by molar-refractivity contribution is -0.137. The number of ether oxygens (including phenoxy) is 1. The van der Waals surface area contributed by atoms with Crippen LogP contribution in [0.4, 0.5) is 24.1 Å². The zero-order chi connectivity index (χ0) is 23.6. The van der Waals surface area contributed by atoms with Crippen LogP contribution >= 0.6 is 11.3 Å². The molecule has 11 heteroatoms. The lowest BCUT2D eigenvalue weighted by Gasteiger charge is -2.34. The van der Waals surface area contributed by atoms with Gasteiger partial charge in [0.05, 0.1) is 23.5 Å². The Labute approximate surface area is 195 Å². The summed E-state index contributed by atoms with van der Waals surface area (Å²) in [6.07, 6.45) is -1.95. The SMILES string of the molecule is CC1CN(Cc2csc(NC(=O)C3CCN(c4ccc(C(F)(F)F)cn4)CC3)n2)CC(C)O1. The van der Waals surface area contributed by atoms with Crippen molar-refractivity contribution in [3.8, 4) is 0 Å². The Bertz CT molecular complexity index is 934. The summed E-state index contributed by atoms with van der Waals surface area (Å²) < 4.78 is 43.9. The monoisotopic (exact) mass is 483 g/mol. The number of nitrogens with zero attached hydrogens (tertiary/aromatic N) is 4. The Balaban J connectivity index is 1.26. The van der Waals surface area contributed by atoms with Gasteiger partial charge in [0.1, 0.15) is 5.82 Å². The number of rotatable bonds is 5. The molecule has 4 heterocycles. The molecule has 2 aromatic heterocycles. The number of hydrogen-bond acceptors (Lipinski definition) is 7. The molecule has 2 aliphatic rings. The highest BCUT2D eigenvalue weighted by Crippen LogP contribution is 2.30. The number of pyridine rings is 1. The number of hydrogen-bond donors (Lipinski definition) is 1. The quantitative estimate of drug-likeness (QED) is 0.693.